The molecule has 16 nitrogen and oxygen atoms in total. The quantitative estimate of drug-likeness (QED) is 0.0399. The molecular formula is C32H62N10O6. The van der Waals surface area contributed by atoms with Crippen molar-refractivity contribution in [3.8, 4) is 0 Å². The van der Waals surface area contributed by atoms with Gasteiger partial charge in [-0.25, -0.2) is 0 Å². The van der Waals surface area contributed by atoms with Crippen LogP contribution in [-0.4, -0.2) is 100 Å². The minimum absolute atomic E-state index is 0.00241. The summed E-state index contributed by atoms with van der Waals surface area (Å²) in [7, 11) is 0. The molecule has 0 heterocycles. The normalized spacial score (nSPS) is 12.1. The van der Waals surface area contributed by atoms with Gasteiger partial charge < -0.3 is 30.7 Å². The van der Waals surface area contributed by atoms with Crippen molar-refractivity contribution in [1.29, 1.82) is 0 Å². The van der Waals surface area contributed by atoms with Gasteiger partial charge >= 0.3 is 0 Å². The van der Waals surface area contributed by atoms with Crippen molar-refractivity contribution in [1.82, 2.24) is 21.3 Å². The summed E-state index contributed by atoms with van der Waals surface area (Å²) in [6.07, 6.45) is 3.51. The summed E-state index contributed by atoms with van der Waals surface area (Å²) in [6.45, 7) is 18.5. The average molecular weight is 683 g/mol. The fourth-order valence-corrected chi connectivity index (χ4v) is 4.28. The maximum absolute atomic E-state index is 12.3. The van der Waals surface area contributed by atoms with E-state index in [1.54, 1.807) is 0 Å². The Labute approximate surface area is 286 Å². The molecule has 0 radical (unpaired) electrons. The lowest BCUT2D eigenvalue weighted by Crippen LogP contribution is -2.44. The summed E-state index contributed by atoms with van der Waals surface area (Å²) in [5, 5.41) is 18.8. The molecule has 0 bridgehead atoms. The number of nitrogens with one attached hydrogen (secondary N) is 4. The number of carbonyl (C=O) groups is 4. The molecule has 48 heavy (non-hydrogen) atoms. The van der Waals surface area contributed by atoms with Crippen molar-refractivity contribution in [2.75, 3.05) is 52.6 Å². The minimum Gasteiger partial charge on any atom is -0.379 e. The molecule has 0 aromatic heterocycles. The van der Waals surface area contributed by atoms with Crippen molar-refractivity contribution < 1.29 is 28.7 Å². The van der Waals surface area contributed by atoms with Crippen LogP contribution in [-0.2, 0) is 28.7 Å². The SMILES string of the molecule is CC(C)N[C@@H](CCCCNC(=O)CCCC(=O)NCCOCCOCCN=[N+]=[N-])C(=O)C(C)C.CC(C)N[C@@H](CN=[N+]=[N-])C(=O)C(C)C. The van der Waals surface area contributed by atoms with Gasteiger partial charge in [0.05, 0.1) is 38.5 Å². The molecule has 0 aliphatic carbocycles. The van der Waals surface area contributed by atoms with Gasteiger partial charge in [0.2, 0.25) is 11.8 Å². The van der Waals surface area contributed by atoms with E-state index in [1.807, 2.05) is 55.4 Å². The third-order valence-electron chi connectivity index (χ3n) is 6.61. The van der Waals surface area contributed by atoms with Crippen molar-refractivity contribution >= 4 is 23.4 Å². The molecule has 0 aromatic carbocycles. The van der Waals surface area contributed by atoms with Gasteiger partial charge in [0, 0.05) is 72.8 Å². The number of hydrogen-bond acceptors (Lipinski definition) is 10. The smallest absolute Gasteiger partial charge is 0.220 e. The Bertz CT molecular complexity index is 996. The number of carbonyl (C=O) groups excluding carboxylic acids is 4. The maximum Gasteiger partial charge on any atom is 0.220 e. The monoisotopic (exact) mass is 682 g/mol. The van der Waals surface area contributed by atoms with Crippen molar-refractivity contribution in [3.63, 3.8) is 0 Å². The molecule has 0 aliphatic rings. The molecule has 16 heteroatoms. The van der Waals surface area contributed by atoms with Crippen LogP contribution in [0.5, 0.6) is 0 Å². The Morgan fingerprint density at radius 1 is 0.625 bits per heavy atom. The van der Waals surface area contributed by atoms with Crippen LogP contribution in [0, 0.1) is 11.8 Å². The standard InChI is InChI=1S/C23H44N6O5.C9H18N4O/c1-18(2)23(32)20(28-19(3)4)8-5-6-11-25-21(30)9-7-10-22(31)26-12-14-33-16-17-34-15-13-27-29-24;1-6(2)9(14)8(5-11-13-10)12-7(3)4/h18-20,28H,5-17H2,1-4H3,(H,25,30)(H,26,31);6-8,12H,5H2,1-4H3/t20-;8-/m00/s1. The van der Waals surface area contributed by atoms with Gasteiger partial charge in [-0.2, -0.15) is 0 Å². The first-order chi connectivity index (χ1) is 22.8. The molecule has 0 rings (SSSR count). The van der Waals surface area contributed by atoms with Crippen molar-refractivity contribution in [2.24, 2.45) is 22.1 Å². The van der Waals surface area contributed by atoms with E-state index in [2.05, 4.69) is 41.3 Å². The minimum atomic E-state index is -0.356. The van der Waals surface area contributed by atoms with E-state index in [0.717, 1.165) is 19.3 Å². The van der Waals surface area contributed by atoms with Crippen LogP contribution < -0.4 is 21.3 Å². The van der Waals surface area contributed by atoms with Crippen LogP contribution in [0.15, 0.2) is 10.2 Å². The predicted octanol–water partition coefficient (Wildman–Crippen LogP) is 4.38. The third-order valence-corrected chi connectivity index (χ3v) is 6.61. The zero-order valence-corrected chi connectivity index (χ0v) is 30.5. The molecule has 2 atom stereocenters. The summed E-state index contributed by atoms with van der Waals surface area (Å²) in [6, 6.07) is -0.0372. The Morgan fingerprint density at radius 3 is 1.65 bits per heavy atom. The lowest BCUT2D eigenvalue weighted by molar-refractivity contribution is -0.125. The molecule has 0 spiro atoms. The Hall–Kier alpha value is -3.26. The molecule has 4 N–H and O–H groups in total. The van der Waals surface area contributed by atoms with E-state index in [9.17, 15) is 19.2 Å². The lowest BCUT2D eigenvalue weighted by atomic mass is 9.96. The number of unbranched alkanes of at least 4 members (excludes halogenated alkanes) is 1. The molecule has 0 aromatic rings. The number of hydrogen-bond donors (Lipinski definition) is 4. The molecule has 0 saturated carbocycles. The van der Waals surface area contributed by atoms with Crippen LogP contribution in [0.4, 0.5) is 0 Å². The van der Waals surface area contributed by atoms with Gasteiger partial charge in [-0.15, -0.1) is 0 Å². The van der Waals surface area contributed by atoms with Crippen molar-refractivity contribution in [2.45, 2.75) is 118 Å². The second-order valence-corrected chi connectivity index (χ2v) is 12.5. The largest absolute Gasteiger partial charge is 0.379 e. The fourth-order valence-electron chi connectivity index (χ4n) is 4.28. The highest BCUT2D eigenvalue weighted by molar-refractivity contribution is 5.86. The fraction of sp³-hybridized carbons (Fsp3) is 0.875. The first kappa shape index (κ1) is 46.9. The summed E-state index contributed by atoms with van der Waals surface area (Å²) in [5.74, 6) is 0.108. The highest BCUT2D eigenvalue weighted by Gasteiger charge is 2.22. The van der Waals surface area contributed by atoms with E-state index in [-0.39, 0.29) is 72.3 Å². The van der Waals surface area contributed by atoms with E-state index < -0.39 is 0 Å². The Kier molecular flexibility index (Phi) is 30.3. The van der Waals surface area contributed by atoms with Gasteiger partial charge in [-0.3, -0.25) is 19.2 Å². The third kappa shape index (κ3) is 28.9. The predicted molar refractivity (Wildman–Crippen MR) is 187 cm³/mol. The zero-order chi connectivity index (χ0) is 36.7. The molecular weight excluding hydrogens is 620 g/mol. The van der Waals surface area contributed by atoms with Crippen LogP contribution in [0.3, 0.4) is 0 Å². The highest BCUT2D eigenvalue weighted by Crippen LogP contribution is 2.09. The topological polar surface area (TPSA) is 232 Å². The van der Waals surface area contributed by atoms with E-state index >= 15 is 0 Å². The molecule has 0 saturated heterocycles. The number of ketones is 2. The Balaban J connectivity index is 0. The van der Waals surface area contributed by atoms with Gasteiger partial charge in [0.25, 0.3) is 0 Å². The van der Waals surface area contributed by atoms with Gasteiger partial charge in [0.1, 0.15) is 0 Å². The molecule has 2 amide bonds. The number of amides is 2. The van der Waals surface area contributed by atoms with E-state index in [1.165, 1.54) is 0 Å². The number of rotatable bonds is 28. The Morgan fingerprint density at radius 2 is 1.12 bits per heavy atom. The average Bonchev–Trinajstić information content (AvgIpc) is 3.02. The van der Waals surface area contributed by atoms with E-state index in [4.69, 9.17) is 20.5 Å². The maximum atomic E-state index is 12.3. The second kappa shape index (κ2) is 31.0. The van der Waals surface area contributed by atoms with Crippen LogP contribution >= 0.6 is 0 Å². The van der Waals surface area contributed by atoms with Gasteiger partial charge in [0.15, 0.2) is 11.6 Å². The molecule has 0 unspecified atom stereocenters. The number of ether oxygens (including phenoxy) is 2. The first-order valence-electron chi connectivity index (χ1n) is 17.1. The first-order valence-corrected chi connectivity index (χ1v) is 17.1. The second-order valence-electron chi connectivity index (χ2n) is 12.5. The molecule has 0 aliphatic heterocycles. The zero-order valence-electron chi connectivity index (χ0n) is 30.5. The highest BCUT2D eigenvalue weighted by atomic mass is 16.5. The van der Waals surface area contributed by atoms with Crippen LogP contribution in [0.25, 0.3) is 20.9 Å². The summed E-state index contributed by atoms with van der Waals surface area (Å²) in [5.41, 5.74) is 16.3. The summed E-state index contributed by atoms with van der Waals surface area (Å²) < 4.78 is 10.5. The van der Waals surface area contributed by atoms with Gasteiger partial charge in [-0.1, -0.05) is 65.6 Å². The van der Waals surface area contributed by atoms with Gasteiger partial charge in [-0.05, 0) is 36.7 Å². The summed E-state index contributed by atoms with van der Waals surface area (Å²) in [4.78, 5) is 53.0. The van der Waals surface area contributed by atoms with Crippen molar-refractivity contribution in [3.05, 3.63) is 20.9 Å². The van der Waals surface area contributed by atoms with Crippen LogP contribution in [0.2, 0.25) is 0 Å². The number of nitrogens with zero attached hydrogens (tertiary/aromatic N) is 6. The summed E-state index contributed by atoms with van der Waals surface area (Å²) >= 11 is 0. The molecule has 0 fully saturated rings. The van der Waals surface area contributed by atoms with E-state index in [0.29, 0.717) is 58.9 Å². The lowest BCUT2D eigenvalue weighted by Gasteiger charge is -2.22. The molecule has 276 valence electrons. The number of Topliss-reactive ketones (excluding diaryl/α,β-unsaturated/α-hetero) is 2. The number of azide groups is 2. The van der Waals surface area contributed by atoms with Crippen LogP contribution in [0.1, 0.15) is 93.9 Å².